The summed E-state index contributed by atoms with van der Waals surface area (Å²) < 4.78 is 5.23. The minimum absolute atomic E-state index is 0.279. The lowest BCUT2D eigenvalue weighted by Gasteiger charge is -2.32. The van der Waals surface area contributed by atoms with Crippen LogP contribution in [0.1, 0.15) is 30.5 Å². The molecule has 0 aromatic heterocycles. The molecular weight excluding hydrogens is 262 g/mol. The zero-order chi connectivity index (χ0) is 15.7. The molecule has 0 amide bonds. The molecule has 1 aromatic carbocycles. The van der Waals surface area contributed by atoms with Crippen LogP contribution in [0.4, 0.5) is 0 Å². The van der Waals surface area contributed by atoms with E-state index in [2.05, 4.69) is 55.1 Å². The highest BCUT2D eigenvalue weighted by Gasteiger charge is 2.18. The third-order valence-corrected chi connectivity index (χ3v) is 3.66. The highest BCUT2D eigenvalue weighted by atomic mass is 16.5. The lowest BCUT2D eigenvalue weighted by molar-refractivity contribution is 0.179. The monoisotopic (exact) mass is 293 g/mol. The molecule has 1 aromatic rings. The van der Waals surface area contributed by atoms with Crippen LogP contribution in [0.2, 0.25) is 0 Å². The number of ether oxygens (including phenoxy) is 1. The quantitative estimate of drug-likeness (QED) is 0.717. The fourth-order valence-electron chi connectivity index (χ4n) is 2.59. The topological polar surface area (TPSA) is 41.7 Å². The molecule has 1 unspecified atom stereocenters. The molecule has 0 bridgehead atoms. The van der Waals surface area contributed by atoms with Gasteiger partial charge < -0.3 is 15.4 Å². The molecule has 0 spiro atoms. The average Bonchev–Trinajstić information content (AvgIpc) is 2.46. The van der Waals surface area contributed by atoms with Crippen molar-refractivity contribution in [3.63, 3.8) is 0 Å². The Morgan fingerprint density at radius 1 is 1.19 bits per heavy atom. The van der Waals surface area contributed by atoms with Gasteiger partial charge in [-0.3, -0.25) is 4.90 Å². The summed E-state index contributed by atoms with van der Waals surface area (Å²) in [5.74, 6) is 0. The first kappa shape index (κ1) is 18.1. The molecular formula is C17H31N3O. The van der Waals surface area contributed by atoms with Gasteiger partial charge in [-0.15, -0.1) is 0 Å². The van der Waals surface area contributed by atoms with Gasteiger partial charge in [-0.05, 0) is 38.2 Å². The van der Waals surface area contributed by atoms with Gasteiger partial charge in [0.2, 0.25) is 0 Å². The second-order valence-corrected chi connectivity index (χ2v) is 5.77. The van der Waals surface area contributed by atoms with E-state index in [-0.39, 0.29) is 6.04 Å². The predicted octanol–water partition coefficient (Wildman–Crippen LogP) is 2.11. The van der Waals surface area contributed by atoms with Crippen molar-refractivity contribution in [2.45, 2.75) is 26.0 Å². The number of rotatable bonds is 10. The second-order valence-electron chi connectivity index (χ2n) is 5.77. The SMILES string of the molecule is CCCN(CCN(C)C)C(CN)c1cccc(COC)c1. The number of hydrogen-bond acceptors (Lipinski definition) is 4. The summed E-state index contributed by atoms with van der Waals surface area (Å²) in [7, 11) is 5.95. The summed E-state index contributed by atoms with van der Waals surface area (Å²) in [6, 6.07) is 8.88. The summed E-state index contributed by atoms with van der Waals surface area (Å²) in [4.78, 5) is 4.71. The third-order valence-electron chi connectivity index (χ3n) is 3.66. The van der Waals surface area contributed by atoms with Crippen LogP contribution in [0, 0.1) is 0 Å². The third kappa shape index (κ3) is 6.14. The minimum atomic E-state index is 0.279. The number of methoxy groups -OCH3 is 1. The van der Waals surface area contributed by atoms with Gasteiger partial charge in [-0.1, -0.05) is 31.2 Å². The Kier molecular flexibility index (Phi) is 8.54. The van der Waals surface area contributed by atoms with Crippen LogP contribution in [0.15, 0.2) is 24.3 Å². The van der Waals surface area contributed by atoms with Gasteiger partial charge in [0.15, 0.2) is 0 Å². The molecule has 0 aliphatic heterocycles. The summed E-state index contributed by atoms with van der Waals surface area (Å²) in [5.41, 5.74) is 8.58. The Bertz CT molecular complexity index is 395. The molecule has 1 atom stereocenters. The van der Waals surface area contributed by atoms with Crippen LogP contribution >= 0.6 is 0 Å². The van der Waals surface area contributed by atoms with Gasteiger partial charge in [0.05, 0.1) is 6.61 Å². The molecule has 4 nitrogen and oxygen atoms in total. The molecule has 0 heterocycles. The maximum atomic E-state index is 6.08. The first-order valence-electron chi connectivity index (χ1n) is 7.79. The smallest absolute Gasteiger partial charge is 0.0713 e. The fraction of sp³-hybridized carbons (Fsp3) is 0.647. The molecule has 0 radical (unpaired) electrons. The molecule has 0 aliphatic rings. The molecule has 0 saturated carbocycles. The van der Waals surface area contributed by atoms with E-state index in [0.29, 0.717) is 13.2 Å². The zero-order valence-corrected chi connectivity index (χ0v) is 14.0. The minimum Gasteiger partial charge on any atom is -0.380 e. The normalized spacial score (nSPS) is 13.1. The maximum Gasteiger partial charge on any atom is 0.0713 e. The second kappa shape index (κ2) is 9.90. The standard InChI is InChI=1S/C17H31N3O/c1-5-9-20(11-10-19(2)3)17(13-18)16-8-6-7-15(12-16)14-21-4/h6-8,12,17H,5,9-11,13-14,18H2,1-4H3. The van der Waals surface area contributed by atoms with Gasteiger partial charge in [-0.25, -0.2) is 0 Å². The van der Waals surface area contributed by atoms with Crippen molar-refractivity contribution >= 4 is 0 Å². The highest BCUT2D eigenvalue weighted by Crippen LogP contribution is 2.21. The van der Waals surface area contributed by atoms with Gasteiger partial charge >= 0.3 is 0 Å². The van der Waals surface area contributed by atoms with Crippen molar-refractivity contribution in [3.8, 4) is 0 Å². The van der Waals surface area contributed by atoms with E-state index in [1.807, 2.05) is 0 Å². The Balaban J connectivity index is 2.87. The Hall–Kier alpha value is -0.940. The molecule has 2 N–H and O–H groups in total. The fourth-order valence-corrected chi connectivity index (χ4v) is 2.59. The van der Waals surface area contributed by atoms with Crippen LogP contribution < -0.4 is 5.73 Å². The predicted molar refractivity (Wildman–Crippen MR) is 89.4 cm³/mol. The number of benzene rings is 1. The van der Waals surface area contributed by atoms with Crippen molar-refractivity contribution < 1.29 is 4.74 Å². The van der Waals surface area contributed by atoms with E-state index >= 15 is 0 Å². The van der Waals surface area contributed by atoms with E-state index in [4.69, 9.17) is 10.5 Å². The lowest BCUT2D eigenvalue weighted by Crippen LogP contribution is -2.38. The summed E-state index contributed by atoms with van der Waals surface area (Å²) in [5, 5.41) is 0. The number of likely N-dealkylation sites (N-methyl/N-ethyl adjacent to an activating group) is 1. The Labute approximate surface area is 129 Å². The molecule has 120 valence electrons. The Morgan fingerprint density at radius 3 is 2.52 bits per heavy atom. The molecule has 1 rings (SSSR count). The summed E-state index contributed by atoms with van der Waals surface area (Å²) >= 11 is 0. The molecule has 0 fully saturated rings. The van der Waals surface area contributed by atoms with Crippen LogP contribution in [0.3, 0.4) is 0 Å². The van der Waals surface area contributed by atoms with Crippen LogP contribution in [-0.2, 0) is 11.3 Å². The highest BCUT2D eigenvalue weighted by molar-refractivity contribution is 5.26. The van der Waals surface area contributed by atoms with Gasteiger partial charge in [0, 0.05) is 32.8 Å². The van der Waals surface area contributed by atoms with Crippen LogP contribution in [0.5, 0.6) is 0 Å². The van der Waals surface area contributed by atoms with E-state index in [9.17, 15) is 0 Å². The average molecular weight is 293 g/mol. The molecule has 0 saturated heterocycles. The van der Waals surface area contributed by atoms with Crippen molar-refractivity contribution in [2.24, 2.45) is 5.73 Å². The number of hydrogen-bond donors (Lipinski definition) is 1. The maximum absolute atomic E-state index is 6.08. The van der Waals surface area contributed by atoms with E-state index in [1.54, 1.807) is 7.11 Å². The first-order chi connectivity index (χ1) is 10.1. The van der Waals surface area contributed by atoms with Gasteiger partial charge in [0.1, 0.15) is 0 Å². The van der Waals surface area contributed by atoms with Gasteiger partial charge in [0.25, 0.3) is 0 Å². The first-order valence-corrected chi connectivity index (χ1v) is 7.79. The van der Waals surface area contributed by atoms with Crippen molar-refractivity contribution in [3.05, 3.63) is 35.4 Å². The number of nitrogens with two attached hydrogens (primary N) is 1. The van der Waals surface area contributed by atoms with Crippen molar-refractivity contribution in [1.82, 2.24) is 9.80 Å². The van der Waals surface area contributed by atoms with Crippen LogP contribution in [-0.4, -0.2) is 57.2 Å². The Morgan fingerprint density at radius 2 is 1.95 bits per heavy atom. The van der Waals surface area contributed by atoms with Crippen molar-refractivity contribution in [1.29, 1.82) is 0 Å². The largest absolute Gasteiger partial charge is 0.380 e. The van der Waals surface area contributed by atoms with Gasteiger partial charge in [-0.2, -0.15) is 0 Å². The summed E-state index contributed by atoms with van der Waals surface area (Å²) in [6.07, 6.45) is 1.14. The van der Waals surface area contributed by atoms with E-state index in [0.717, 1.165) is 26.1 Å². The van der Waals surface area contributed by atoms with E-state index < -0.39 is 0 Å². The van der Waals surface area contributed by atoms with Crippen molar-refractivity contribution in [2.75, 3.05) is 47.4 Å². The lowest BCUT2D eigenvalue weighted by atomic mass is 10.0. The van der Waals surface area contributed by atoms with Crippen LogP contribution in [0.25, 0.3) is 0 Å². The molecule has 4 heteroatoms. The van der Waals surface area contributed by atoms with E-state index in [1.165, 1.54) is 11.1 Å². The molecule has 21 heavy (non-hydrogen) atoms. The number of nitrogens with zero attached hydrogens (tertiary/aromatic N) is 2. The summed E-state index contributed by atoms with van der Waals surface area (Å²) in [6.45, 7) is 6.67. The zero-order valence-electron chi connectivity index (χ0n) is 14.0. The molecule has 0 aliphatic carbocycles.